The Bertz CT molecular complexity index is 901. The predicted octanol–water partition coefficient (Wildman–Crippen LogP) is 4.31. The first-order valence-electron chi connectivity index (χ1n) is 8.72. The molecule has 0 unspecified atom stereocenters. The van der Waals surface area contributed by atoms with Gasteiger partial charge in [-0.1, -0.05) is 0 Å². The van der Waals surface area contributed by atoms with Crippen molar-refractivity contribution in [1.29, 1.82) is 0 Å². The highest BCUT2D eigenvalue weighted by molar-refractivity contribution is 7.09. The molecule has 134 valence electrons. The summed E-state index contributed by atoms with van der Waals surface area (Å²) in [7, 11) is 0. The van der Waals surface area contributed by atoms with E-state index in [1.807, 2.05) is 59.1 Å². The van der Waals surface area contributed by atoms with Crippen molar-refractivity contribution in [3.63, 3.8) is 0 Å². The predicted molar refractivity (Wildman–Crippen MR) is 103 cm³/mol. The molecule has 1 fully saturated rings. The minimum atomic E-state index is -0.0680. The molecule has 0 saturated carbocycles. The van der Waals surface area contributed by atoms with Crippen molar-refractivity contribution in [1.82, 2.24) is 19.7 Å². The molecule has 0 bridgehead atoms. The number of aryl methyl sites for hydroxylation is 2. The molecule has 26 heavy (non-hydrogen) atoms. The zero-order valence-corrected chi connectivity index (χ0v) is 15.7. The lowest BCUT2D eigenvalue weighted by molar-refractivity contribution is 0.207. The van der Waals surface area contributed by atoms with Crippen LogP contribution in [-0.2, 0) is 0 Å². The Kier molecular flexibility index (Phi) is 4.46. The molecule has 1 aliphatic rings. The largest absolute Gasteiger partial charge is 0.322 e. The van der Waals surface area contributed by atoms with Gasteiger partial charge < -0.3 is 10.2 Å². The van der Waals surface area contributed by atoms with E-state index in [0.717, 1.165) is 47.2 Å². The summed E-state index contributed by atoms with van der Waals surface area (Å²) in [6.45, 7) is 4.77. The van der Waals surface area contributed by atoms with Crippen molar-refractivity contribution in [2.24, 2.45) is 0 Å². The van der Waals surface area contributed by atoms with Gasteiger partial charge in [-0.25, -0.2) is 14.5 Å². The van der Waals surface area contributed by atoms with E-state index in [9.17, 15) is 4.79 Å². The molecule has 4 rings (SSSR count). The highest BCUT2D eigenvalue weighted by Gasteiger charge is 2.31. The second kappa shape index (κ2) is 6.92. The van der Waals surface area contributed by atoms with E-state index >= 15 is 0 Å². The van der Waals surface area contributed by atoms with Crippen LogP contribution in [0.15, 0.2) is 41.9 Å². The van der Waals surface area contributed by atoms with Crippen molar-refractivity contribution in [2.75, 3.05) is 11.9 Å². The van der Waals surface area contributed by atoms with Crippen molar-refractivity contribution < 1.29 is 4.79 Å². The van der Waals surface area contributed by atoms with E-state index in [0.29, 0.717) is 0 Å². The number of urea groups is 1. The molecule has 2 amide bonds. The molecule has 3 aromatic rings. The molecule has 7 heteroatoms. The molecule has 3 heterocycles. The van der Waals surface area contributed by atoms with Crippen LogP contribution in [0.1, 0.15) is 35.3 Å². The first kappa shape index (κ1) is 16.8. The lowest BCUT2D eigenvalue weighted by Crippen LogP contribution is -2.34. The molecule has 6 nitrogen and oxygen atoms in total. The van der Waals surface area contributed by atoms with Gasteiger partial charge >= 0.3 is 6.03 Å². The third kappa shape index (κ3) is 3.22. The van der Waals surface area contributed by atoms with E-state index in [1.165, 1.54) is 0 Å². The Morgan fingerprint density at radius 1 is 1.27 bits per heavy atom. The van der Waals surface area contributed by atoms with Gasteiger partial charge in [0.25, 0.3) is 0 Å². The smallest absolute Gasteiger partial charge is 0.315 e. The summed E-state index contributed by atoms with van der Waals surface area (Å²) in [6, 6.07) is 9.83. The Labute approximate surface area is 156 Å². The number of carbonyl (C=O) groups excluding carboxylic acids is 1. The molecular weight excluding hydrogens is 346 g/mol. The number of aromatic nitrogens is 3. The van der Waals surface area contributed by atoms with Crippen molar-refractivity contribution in [3.8, 4) is 5.69 Å². The summed E-state index contributed by atoms with van der Waals surface area (Å²) >= 11 is 1.61. The SMILES string of the molecule is Cc1cc(C)n(-c2ccc(NC(=O)N3CCC[C@@H]3c3nccs3)cc2)n1. The van der Waals surface area contributed by atoms with Gasteiger partial charge in [0.2, 0.25) is 0 Å². The highest BCUT2D eigenvalue weighted by atomic mass is 32.1. The van der Waals surface area contributed by atoms with Gasteiger partial charge in [0.1, 0.15) is 5.01 Å². The number of thiazole rings is 1. The van der Waals surface area contributed by atoms with Crippen LogP contribution in [0.4, 0.5) is 10.5 Å². The monoisotopic (exact) mass is 367 g/mol. The van der Waals surface area contributed by atoms with Crippen molar-refractivity contribution in [2.45, 2.75) is 32.7 Å². The van der Waals surface area contributed by atoms with Crippen LogP contribution >= 0.6 is 11.3 Å². The summed E-state index contributed by atoms with van der Waals surface area (Å²) in [5, 5.41) is 10.5. The van der Waals surface area contributed by atoms with Crippen LogP contribution in [0.5, 0.6) is 0 Å². The molecule has 0 radical (unpaired) electrons. The fourth-order valence-electron chi connectivity index (χ4n) is 3.44. The van der Waals surface area contributed by atoms with E-state index in [4.69, 9.17) is 0 Å². The molecular formula is C19H21N5OS. The minimum absolute atomic E-state index is 0.0680. The average molecular weight is 367 g/mol. The van der Waals surface area contributed by atoms with E-state index in [2.05, 4.69) is 15.4 Å². The fraction of sp³-hybridized carbons (Fsp3) is 0.316. The van der Waals surface area contributed by atoms with E-state index in [-0.39, 0.29) is 12.1 Å². The number of rotatable bonds is 3. The summed E-state index contributed by atoms with van der Waals surface area (Å²) < 4.78 is 1.90. The number of hydrogen-bond acceptors (Lipinski definition) is 4. The van der Waals surface area contributed by atoms with Crippen LogP contribution in [-0.4, -0.2) is 32.2 Å². The average Bonchev–Trinajstić information content (AvgIpc) is 3.35. The van der Waals surface area contributed by atoms with Crippen LogP contribution < -0.4 is 5.32 Å². The van der Waals surface area contributed by atoms with Gasteiger partial charge in [-0.3, -0.25) is 0 Å². The number of anilines is 1. The number of likely N-dealkylation sites (tertiary alicyclic amines) is 1. The first-order chi connectivity index (χ1) is 12.6. The summed E-state index contributed by atoms with van der Waals surface area (Å²) in [5.74, 6) is 0. The molecule has 1 saturated heterocycles. The number of benzene rings is 1. The second-order valence-corrected chi connectivity index (χ2v) is 7.46. The van der Waals surface area contributed by atoms with Crippen molar-refractivity contribution in [3.05, 3.63) is 58.3 Å². The molecule has 1 aromatic carbocycles. The molecule has 0 aliphatic carbocycles. The topological polar surface area (TPSA) is 63.1 Å². The standard InChI is InChI=1S/C19H21N5OS/c1-13-12-14(2)24(22-13)16-7-5-15(6-8-16)21-19(25)23-10-3-4-17(23)18-20-9-11-26-18/h5-9,11-12,17H,3-4,10H2,1-2H3,(H,21,25)/t17-/m1/s1. The van der Waals surface area contributed by atoms with E-state index < -0.39 is 0 Å². The number of nitrogens with zero attached hydrogens (tertiary/aromatic N) is 4. The molecule has 1 N–H and O–H groups in total. The third-order valence-corrected chi connectivity index (χ3v) is 5.50. The lowest BCUT2D eigenvalue weighted by Gasteiger charge is -2.23. The van der Waals surface area contributed by atoms with Gasteiger partial charge in [0, 0.05) is 29.5 Å². The summed E-state index contributed by atoms with van der Waals surface area (Å²) in [6.07, 6.45) is 3.78. The Balaban J connectivity index is 1.47. The Morgan fingerprint density at radius 3 is 2.73 bits per heavy atom. The molecule has 1 atom stereocenters. The number of amides is 2. The number of hydrogen-bond donors (Lipinski definition) is 1. The molecule has 1 aliphatic heterocycles. The Hall–Kier alpha value is -2.67. The van der Waals surface area contributed by atoms with E-state index in [1.54, 1.807) is 17.5 Å². The lowest BCUT2D eigenvalue weighted by atomic mass is 10.2. The first-order valence-corrected chi connectivity index (χ1v) is 9.60. The summed E-state index contributed by atoms with van der Waals surface area (Å²) in [5.41, 5.74) is 3.84. The quantitative estimate of drug-likeness (QED) is 0.750. The van der Waals surface area contributed by atoms with Gasteiger partial charge in [-0.15, -0.1) is 11.3 Å². The number of carbonyl (C=O) groups is 1. The van der Waals surface area contributed by atoms with Gasteiger partial charge in [-0.05, 0) is 57.0 Å². The second-order valence-electron chi connectivity index (χ2n) is 6.54. The fourth-order valence-corrected chi connectivity index (χ4v) is 4.22. The Morgan fingerprint density at radius 2 is 2.08 bits per heavy atom. The zero-order chi connectivity index (χ0) is 18.1. The van der Waals surface area contributed by atoms with Gasteiger partial charge in [0.15, 0.2) is 0 Å². The number of nitrogens with one attached hydrogen (secondary N) is 1. The van der Waals surface area contributed by atoms with Crippen LogP contribution in [0, 0.1) is 13.8 Å². The third-order valence-electron chi connectivity index (χ3n) is 4.62. The van der Waals surface area contributed by atoms with Crippen molar-refractivity contribution >= 4 is 23.1 Å². The maximum absolute atomic E-state index is 12.7. The molecule has 2 aromatic heterocycles. The highest BCUT2D eigenvalue weighted by Crippen LogP contribution is 2.33. The van der Waals surface area contributed by atoms with Crippen LogP contribution in [0.3, 0.4) is 0 Å². The summed E-state index contributed by atoms with van der Waals surface area (Å²) in [4.78, 5) is 19.0. The maximum Gasteiger partial charge on any atom is 0.322 e. The van der Waals surface area contributed by atoms with Gasteiger partial charge in [0.05, 0.1) is 17.4 Å². The minimum Gasteiger partial charge on any atom is -0.315 e. The van der Waals surface area contributed by atoms with Gasteiger partial charge in [-0.2, -0.15) is 5.10 Å². The molecule has 0 spiro atoms. The maximum atomic E-state index is 12.7. The normalized spacial score (nSPS) is 16.8. The van der Waals surface area contributed by atoms with Crippen LogP contribution in [0.25, 0.3) is 5.69 Å². The zero-order valence-electron chi connectivity index (χ0n) is 14.8. The van der Waals surface area contributed by atoms with Crippen LogP contribution in [0.2, 0.25) is 0 Å².